The molecule has 126 valence electrons. The summed E-state index contributed by atoms with van der Waals surface area (Å²) in [4.78, 5) is 16.0. The van der Waals surface area contributed by atoms with Crippen LogP contribution in [-0.4, -0.2) is 31.3 Å². The second-order valence-corrected chi connectivity index (χ2v) is 6.65. The predicted molar refractivity (Wildman–Crippen MR) is 95.9 cm³/mol. The fraction of sp³-hybridized carbons (Fsp3) is 0.167. The van der Waals surface area contributed by atoms with Crippen LogP contribution in [0.25, 0.3) is 10.9 Å². The van der Waals surface area contributed by atoms with E-state index < -0.39 is 0 Å². The molecule has 0 saturated carbocycles. The quantitative estimate of drug-likeness (QED) is 0.423. The zero-order valence-electron chi connectivity index (χ0n) is 13.6. The molecule has 4 rings (SSSR count). The molecule has 0 atom stereocenters. The van der Waals surface area contributed by atoms with E-state index in [9.17, 15) is 4.79 Å². The summed E-state index contributed by atoms with van der Waals surface area (Å²) in [5.41, 5.74) is 2.62. The summed E-state index contributed by atoms with van der Waals surface area (Å²) in [7, 11) is 0. The van der Waals surface area contributed by atoms with E-state index in [0.717, 1.165) is 27.9 Å². The molecule has 4 aromatic rings. The van der Waals surface area contributed by atoms with Gasteiger partial charge in [0, 0.05) is 22.2 Å². The van der Waals surface area contributed by atoms with Gasteiger partial charge in [-0.3, -0.25) is 4.79 Å². The van der Waals surface area contributed by atoms with E-state index in [2.05, 4.69) is 15.2 Å². The zero-order valence-corrected chi connectivity index (χ0v) is 14.4. The van der Waals surface area contributed by atoms with Crippen molar-refractivity contribution in [2.75, 3.05) is 5.75 Å². The van der Waals surface area contributed by atoms with Gasteiger partial charge in [-0.1, -0.05) is 30.0 Å². The summed E-state index contributed by atoms with van der Waals surface area (Å²) < 4.78 is 7.23. The summed E-state index contributed by atoms with van der Waals surface area (Å²) in [6.45, 7) is 2.47. The molecular weight excluding hydrogens is 336 g/mol. The Labute approximate surface area is 148 Å². The van der Waals surface area contributed by atoms with Gasteiger partial charge in [-0.15, -0.1) is 10.2 Å². The number of carbonyl (C=O) groups is 1. The van der Waals surface area contributed by atoms with Gasteiger partial charge in [0.2, 0.25) is 0 Å². The standard InChI is InChI=1S/C18H16N4O2S/c1-12-17(14-6-2-3-7-15(14)20-12)16(23)10-25-18-21-19-11-22(18)9-13-5-4-8-24-13/h2-8,11,20H,9-10H2,1H3. The van der Waals surface area contributed by atoms with Crippen molar-refractivity contribution in [1.82, 2.24) is 19.7 Å². The molecule has 6 nitrogen and oxygen atoms in total. The number of nitrogens with zero attached hydrogens (tertiary/aromatic N) is 3. The molecule has 0 aliphatic carbocycles. The van der Waals surface area contributed by atoms with Gasteiger partial charge in [-0.05, 0) is 25.1 Å². The topological polar surface area (TPSA) is 76.7 Å². The number of nitrogens with one attached hydrogen (secondary N) is 1. The third kappa shape index (κ3) is 3.10. The highest BCUT2D eigenvalue weighted by molar-refractivity contribution is 7.99. The molecule has 0 spiro atoms. The molecule has 0 fully saturated rings. The molecule has 0 radical (unpaired) electrons. The monoisotopic (exact) mass is 352 g/mol. The molecule has 1 N–H and O–H groups in total. The van der Waals surface area contributed by atoms with E-state index >= 15 is 0 Å². The average molecular weight is 352 g/mol. The van der Waals surface area contributed by atoms with Crippen molar-refractivity contribution >= 4 is 28.4 Å². The number of ketones is 1. The Bertz CT molecular complexity index is 1020. The lowest BCUT2D eigenvalue weighted by Crippen LogP contribution is -2.06. The predicted octanol–water partition coefficient (Wildman–Crippen LogP) is 3.68. The number of rotatable bonds is 6. The van der Waals surface area contributed by atoms with Crippen LogP contribution in [0.1, 0.15) is 21.8 Å². The van der Waals surface area contributed by atoms with E-state index in [4.69, 9.17) is 4.42 Å². The van der Waals surface area contributed by atoms with Gasteiger partial charge < -0.3 is 14.0 Å². The number of thioether (sulfide) groups is 1. The fourth-order valence-corrected chi connectivity index (χ4v) is 3.66. The fourth-order valence-electron chi connectivity index (χ4n) is 2.87. The minimum atomic E-state index is 0.0764. The first-order valence-corrected chi connectivity index (χ1v) is 8.84. The number of furan rings is 1. The highest BCUT2D eigenvalue weighted by atomic mass is 32.2. The summed E-state index contributed by atoms with van der Waals surface area (Å²) >= 11 is 1.38. The number of hydrogen-bond acceptors (Lipinski definition) is 5. The Hall–Kier alpha value is -2.80. The molecule has 0 unspecified atom stereocenters. The lowest BCUT2D eigenvalue weighted by Gasteiger charge is -2.04. The number of aromatic amines is 1. The SMILES string of the molecule is Cc1[nH]c2ccccc2c1C(=O)CSc1nncn1Cc1ccco1. The zero-order chi connectivity index (χ0) is 17.2. The van der Waals surface area contributed by atoms with Gasteiger partial charge in [-0.25, -0.2) is 0 Å². The molecule has 0 bridgehead atoms. The van der Waals surface area contributed by atoms with Crippen LogP contribution in [0.5, 0.6) is 0 Å². The normalized spacial score (nSPS) is 11.2. The number of hydrogen-bond donors (Lipinski definition) is 1. The van der Waals surface area contributed by atoms with Gasteiger partial charge in [0.1, 0.15) is 12.1 Å². The van der Waals surface area contributed by atoms with E-state index in [1.165, 1.54) is 11.8 Å². The van der Waals surface area contributed by atoms with Crippen LogP contribution in [0.3, 0.4) is 0 Å². The second kappa shape index (κ2) is 6.60. The van der Waals surface area contributed by atoms with Crippen molar-refractivity contribution < 1.29 is 9.21 Å². The van der Waals surface area contributed by atoms with E-state index in [0.29, 0.717) is 17.5 Å². The number of fused-ring (bicyclic) bond motifs is 1. The van der Waals surface area contributed by atoms with Crippen LogP contribution in [0.15, 0.2) is 58.6 Å². The molecule has 3 heterocycles. The van der Waals surface area contributed by atoms with Crippen LogP contribution in [0.4, 0.5) is 0 Å². The summed E-state index contributed by atoms with van der Waals surface area (Å²) in [5, 5.41) is 9.71. The maximum atomic E-state index is 12.7. The van der Waals surface area contributed by atoms with Crippen molar-refractivity contribution in [3.63, 3.8) is 0 Å². The van der Waals surface area contributed by atoms with Crippen LogP contribution >= 0.6 is 11.8 Å². The van der Waals surface area contributed by atoms with Crippen molar-refractivity contribution in [2.24, 2.45) is 0 Å². The first-order valence-electron chi connectivity index (χ1n) is 7.86. The van der Waals surface area contributed by atoms with Crippen LogP contribution in [0, 0.1) is 6.92 Å². The smallest absolute Gasteiger partial charge is 0.191 e. The average Bonchev–Trinajstić information content (AvgIpc) is 3.33. The number of aryl methyl sites for hydroxylation is 1. The molecule has 25 heavy (non-hydrogen) atoms. The Morgan fingerprint density at radius 3 is 3.00 bits per heavy atom. The van der Waals surface area contributed by atoms with E-state index in [1.54, 1.807) is 12.6 Å². The Balaban J connectivity index is 1.51. The Morgan fingerprint density at radius 1 is 1.28 bits per heavy atom. The summed E-state index contributed by atoms with van der Waals surface area (Å²) in [6, 6.07) is 11.6. The number of para-hydroxylation sites is 1. The molecule has 0 amide bonds. The first-order chi connectivity index (χ1) is 12.2. The number of Topliss-reactive ketones (excluding diaryl/α,β-unsaturated/α-hetero) is 1. The van der Waals surface area contributed by atoms with Gasteiger partial charge in [0.25, 0.3) is 0 Å². The Morgan fingerprint density at radius 2 is 2.16 bits per heavy atom. The van der Waals surface area contributed by atoms with Gasteiger partial charge in [0.15, 0.2) is 10.9 Å². The minimum absolute atomic E-state index is 0.0764. The van der Waals surface area contributed by atoms with Gasteiger partial charge in [0.05, 0.1) is 18.6 Å². The van der Waals surface area contributed by atoms with Crippen molar-refractivity contribution in [2.45, 2.75) is 18.6 Å². The number of carbonyl (C=O) groups excluding carboxylic acids is 1. The molecule has 0 aliphatic rings. The largest absolute Gasteiger partial charge is 0.467 e. The lowest BCUT2D eigenvalue weighted by molar-refractivity contribution is 0.102. The van der Waals surface area contributed by atoms with E-state index in [1.807, 2.05) is 47.9 Å². The minimum Gasteiger partial charge on any atom is -0.467 e. The maximum Gasteiger partial charge on any atom is 0.191 e. The summed E-state index contributed by atoms with van der Waals surface area (Å²) in [5.74, 6) is 1.20. The Kier molecular flexibility index (Phi) is 4.15. The highest BCUT2D eigenvalue weighted by Crippen LogP contribution is 2.25. The molecule has 1 aromatic carbocycles. The van der Waals surface area contributed by atoms with Crippen molar-refractivity contribution in [3.8, 4) is 0 Å². The molecule has 0 saturated heterocycles. The number of H-pyrrole nitrogens is 1. The van der Waals surface area contributed by atoms with E-state index in [-0.39, 0.29) is 5.78 Å². The van der Waals surface area contributed by atoms with Crippen LogP contribution in [-0.2, 0) is 6.54 Å². The molecule has 3 aromatic heterocycles. The highest BCUT2D eigenvalue weighted by Gasteiger charge is 2.17. The molecule has 0 aliphatic heterocycles. The van der Waals surface area contributed by atoms with Crippen LogP contribution in [0.2, 0.25) is 0 Å². The number of benzene rings is 1. The number of aromatic nitrogens is 4. The molecular formula is C18H16N4O2S. The second-order valence-electron chi connectivity index (χ2n) is 5.70. The maximum absolute atomic E-state index is 12.7. The first kappa shape index (κ1) is 15.7. The van der Waals surface area contributed by atoms with Gasteiger partial charge >= 0.3 is 0 Å². The van der Waals surface area contributed by atoms with Crippen molar-refractivity contribution in [3.05, 3.63) is 66.0 Å². The summed E-state index contributed by atoms with van der Waals surface area (Å²) in [6.07, 6.45) is 3.28. The lowest BCUT2D eigenvalue weighted by atomic mass is 10.1. The third-order valence-electron chi connectivity index (χ3n) is 3.99. The van der Waals surface area contributed by atoms with Crippen molar-refractivity contribution in [1.29, 1.82) is 0 Å². The van der Waals surface area contributed by atoms with Crippen LogP contribution < -0.4 is 0 Å². The van der Waals surface area contributed by atoms with Gasteiger partial charge in [-0.2, -0.15) is 0 Å². The third-order valence-corrected chi connectivity index (χ3v) is 4.97. The molecule has 7 heteroatoms.